The molecule has 0 aliphatic carbocycles. The van der Waals surface area contributed by atoms with Gasteiger partial charge in [0.2, 0.25) is 10.0 Å². The molecule has 1 atom stereocenters. The zero-order chi connectivity index (χ0) is 17.0. The Morgan fingerprint density at radius 1 is 1.12 bits per heavy atom. The molecule has 5 nitrogen and oxygen atoms in total. The third-order valence-corrected chi connectivity index (χ3v) is 5.01. The number of nitrogens with one attached hydrogen (secondary N) is 1. The molecule has 0 saturated carbocycles. The maximum atomic E-state index is 12.2. The molecule has 0 fully saturated rings. The normalized spacial score (nSPS) is 20.5. The molecule has 0 amide bonds. The predicted octanol–water partition coefficient (Wildman–Crippen LogP) is 2.25. The Morgan fingerprint density at radius 2 is 1.83 bits per heavy atom. The van der Waals surface area contributed by atoms with E-state index in [4.69, 9.17) is 4.74 Å². The minimum Gasteiger partial charge on any atom is -0.493 e. The maximum Gasteiger partial charge on any atom is 0.233 e. The van der Waals surface area contributed by atoms with Crippen molar-refractivity contribution < 1.29 is 18.3 Å². The first-order valence-corrected chi connectivity index (χ1v) is 9.21. The zero-order valence-electron chi connectivity index (χ0n) is 13.1. The van der Waals surface area contributed by atoms with E-state index in [0.717, 1.165) is 11.0 Å². The first-order valence-electron chi connectivity index (χ1n) is 7.66. The average molecular weight is 345 g/mol. The molecule has 0 spiro atoms. The van der Waals surface area contributed by atoms with Gasteiger partial charge in [-0.25, -0.2) is 13.1 Å². The van der Waals surface area contributed by atoms with Crippen LogP contribution >= 0.6 is 0 Å². The summed E-state index contributed by atoms with van der Waals surface area (Å²) in [6.07, 6.45) is 1.85. The van der Waals surface area contributed by atoms with Crippen molar-refractivity contribution in [1.29, 1.82) is 0 Å². The number of hydrogen-bond donors (Lipinski definition) is 2. The van der Waals surface area contributed by atoms with E-state index in [0.29, 0.717) is 24.3 Å². The lowest BCUT2D eigenvalue weighted by atomic mass is 9.88. The third-order valence-electron chi connectivity index (χ3n) is 3.97. The van der Waals surface area contributed by atoms with Crippen LogP contribution in [0.15, 0.2) is 60.0 Å². The Morgan fingerprint density at radius 3 is 2.62 bits per heavy atom. The molecule has 3 rings (SSSR count). The zero-order valence-corrected chi connectivity index (χ0v) is 13.9. The summed E-state index contributed by atoms with van der Waals surface area (Å²) >= 11 is 0. The van der Waals surface area contributed by atoms with E-state index in [-0.39, 0.29) is 6.54 Å². The van der Waals surface area contributed by atoms with Crippen LogP contribution in [-0.4, -0.2) is 26.7 Å². The SMILES string of the molecule is O=S(=O)(/C=C/c1ccccc1)NCC1(O)CCOc2ccccc21. The molecule has 126 valence electrons. The third kappa shape index (κ3) is 3.84. The summed E-state index contributed by atoms with van der Waals surface area (Å²) in [7, 11) is -3.65. The van der Waals surface area contributed by atoms with E-state index in [1.165, 1.54) is 6.08 Å². The average Bonchev–Trinajstić information content (AvgIpc) is 2.60. The minimum atomic E-state index is -3.65. The number of hydrogen-bond acceptors (Lipinski definition) is 4. The van der Waals surface area contributed by atoms with Gasteiger partial charge in [0.25, 0.3) is 0 Å². The molecule has 6 heteroatoms. The van der Waals surface area contributed by atoms with Crippen LogP contribution in [0.4, 0.5) is 0 Å². The highest BCUT2D eigenvalue weighted by atomic mass is 32.2. The van der Waals surface area contributed by atoms with Gasteiger partial charge >= 0.3 is 0 Å². The molecule has 0 bridgehead atoms. The van der Waals surface area contributed by atoms with E-state index in [1.807, 2.05) is 36.4 Å². The van der Waals surface area contributed by atoms with Crippen LogP contribution in [-0.2, 0) is 15.6 Å². The van der Waals surface area contributed by atoms with Gasteiger partial charge < -0.3 is 9.84 Å². The van der Waals surface area contributed by atoms with Crippen molar-refractivity contribution in [3.63, 3.8) is 0 Å². The topological polar surface area (TPSA) is 75.6 Å². The molecule has 1 aliphatic rings. The van der Waals surface area contributed by atoms with Crippen molar-refractivity contribution in [3.05, 3.63) is 71.1 Å². The standard InChI is InChI=1S/C18H19NO4S/c20-18(11-12-23-17-9-5-4-8-16(17)18)14-19-24(21,22)13-10-15-6-2-1-3-7-15/h1-10,13,19-20H,11-12,14H2/b13-10+. The number of fused-ring (bicyclic) bond motifs is 1. The maximum absolute atomic E-state index is 12.2. The largest absolute Gasteiger partial charge is 0.493 e. The van der Waals surface area contributed by atoms with Gasteiger partial charge in [0.15, 0.2) is 0 Å². The molecule has 1 unspecified atom stereocenters. The van der Waals surface area contributed by atoms with E-state index in [9.17, 15) is 13.5 Å². The molecular formula is C18H19NO4S. The number of sulfonamides is 1. The summed E-state index contributed by atoms with van der Waals surface area (Å²) < 4.78 is 32.3. The van der Waals surface area contributed by atoms with Gasteiger partial charge in [0.05, 0.1) is 6.61 Å². The fourth-order valence-corrected chi connectivity index (χ4v) is 3.50. The van der Waals surface area contributed by atoms with Gasteiger partial charge in [-0.3, -0.25) is 0 Å². The highest BCUT2D eigenvalue weighted by molar-refractivity contribution is 7.92. The lowest BCUT2D eigenvalue weighted by Crippen LogP contribution is -2.43. The van der Waals surface area contributed by atoms with E-state index < -0.39 is 15.6 Å². The van der Waals surface area contributed by atoms with Gasteiger partial charge in [0.1, 0.15) is 11.4 Å². The summed E-state index contributed by atoms with van der Waals surface area (Å²) in [5.74, 6) is 0.588. The van der Waals surface area contributed by atoms with Crippen molar-refractivity contribution in [2.45, 2.75) is 12.0 Å². The summed E-state index contributed by atoms with van der Waals surface area (Å²) in [4.78, 5) is 0. The van der Waals surface area contributed by atoms with Crippen molar-refractivity contribution >= 4 is 16.1 Å². The van der Waals surface area contributed by atoms with Gasteiger partial charge in [-0.1, -0.05) is 48.5 Å². The quantitative estimate of drug-likeness (QED) is 0.871. The molecular weight excluding hydrogens is 326 g/mol. The summed E-state index contributed by atoms with van der Waals surface area (Å²) in [6, 6.07) is 16.3. The number of para-hydroxylation sites is 1. The molecule has 0 radical (unpaired) electrons. The fourth-order valence-electron chi connectivity index (χ4n) is 2.63. The number of ether oxygens (including phenoxy) is 1. The van der Waals surface area contributed by atoms with Crippen LogP contribution in [0.3, 0.4) is 0 Å². The van der Waals surface area contributed by atoms with E-state index in [2.05, 4.69) is 4.72 Å². The lowest BCUT2D eigenvalue weighted by Gasteiger charge is -2.34. The predicted molar refractivity (Wildman–Crippen MR) is 92.8 cm³/mol. The molecule has 1 aliphatic heterocycles. The van der Waals surface area contributed by atoms with Gasteiger partial charge in [-0.15, -0.1) is 0 Å². The highest BCUT2D eigenvalue weighted by Gasteiger charge is 2.36. The molecule has 24 heavy (non-hydrogen) atoms. The van der Waals surface area contributed by atoms with Crippen LogP contribution in [0.25, 0.3) is 6.08 Å². The van der Waals surface area contributed by atoms with Crippen LogP contribution in [0, 0.1) is 0 Å². The first-order chi connectivity index (χ1) is 11.5. The fraction of sp³-hybridized carbons (Fsp3) is 0.222. The first kappa shape index (κ1) is 16.7. The minimum absolute atomic E-state index is 0.102. The lowest BCUT2D eigenvalue weighted by molar-refractivity contribution is 0.00226. The molecule has 2 N–H and O–H groups in total. The Hall–Kier alpha value is -2.15. The Balaban J connectivity index is 1.72. The monoisotopic (exact) mass is 345 g/mol. The van der Waals surface area contributed by atoms with Gasteiger partial charge in [-0.05, 0) is 17.7 Å². The number of benzene rings is 2. The number of aliphatic hydroxyl groups is 1. The van der Waals surface area contributed by atoms with Crippen LogP contribution in [0.1, 0.15) is 17.5 Å². The van der Waals surface area contributed by atoms with Crippen LogP contribution < -0.4 is 9.46 Å². The Kier molecular flexibility index (Phi) is 4.71. The molecule has 0 aromatic heterocycles. The summed E-state index contributed by atoms with van der Waals surface area (Å²) in [5.41, 5.74) is 0.117. The summed E-state index contributed by atoms with van der Waals surface area (Å²) in [5, 5.41) is 11.9. The van der Waals surface area contributed by atoms with E-state index in [1.54, 1.807) is 18.2 Å². The van der Waals surface area contributed by atoms with Crippen LogP contribution in [0.2, 0.25) is 0 Å². The van der Waals surface area contributed by atoms with Gasteiger partial charge in [0, 0.05) is 23.9 Å². The van der Waals surface area contributed by atoms with Crippen molar-refractivity contribution in [2.24, 2.45) is 0 Å². The molecule has 2 aromatic rings. The second-order valence-electron chi connectivity index (χ2n) is 5.71. The second-order valence-corrected chi connectivity index (χ2v) is 7.36. The molecule has 0 saturated heterocycles. The van der Waals surface area contributed by atoms with Crippen molar-refractivity contribution in [2.75, 3.05) is 13.2 Å². The van der Waals surface area contributed by atoms with Gasteiger partial charge in [-0.2, -0.15) is 0 Å². The molecule has 2 aromatic carbocycles. The second kappa shape index (κ2) is 6.76. The Labute approximate surface area is 141 Å². The van der Waals surface area contributed by atoms with Crippen molar-refractivity contribution in [1.82, 2.24) is 4.72 Å². The smallest absolute Gasteiger partial charge is 0.233 e. The van der Waals surface area contributed by atoms with E-state index >= 15 is 0 Å². The number of rotatable bonds is 5. The van der Waals surface area contributed by atoms with Crippen molar-refractivity contribution in [3.8, 4) is 5.75 Å². The Bertz CT molecular complexity index is 833. The molecule has 1 heterocycles. The van der Waals surface area contributed by atoms with Crippen LogP contribution in [0.5, 0.6) is 5.75 Å². The highest BCUT2D eigenvalue weighted by Crippen LogP contribution is 2.36. The summed E-state index contributed by atoms with van der Waals surface area (Å²) in [6.45, 7) is 0.240.